The molecule has 19 heavy (non-hydrogen) atoms. The van der Waals surface area contributed by atoms with Crippen molar-refractivity contribution in [2.24, 2.45) is 10.8 Å². The first kappa shape index (κ1) is 12.0. The fourth-order valence-electron chi connectivity index (χ4n) is 5.34. The Labute approximate surface area is 114 Å². The van der Waals surface area contributed by atoms with Crippen LogP contribution in [0.5, 0.6) is 0 Å². The quantitative estimate of drug-likeness (QED) is 0.383. The maximum atomic E-state index is 12.0. The number of carbonyl (C=O) groups is 1. The van der Waals surface area contributed by atoms with Crippen molar-refractivity contribution in [1.29, 1.82) is 0 Å². The topological polar surface area (TPSA) is 38.8 Å². The van der Waals surface area contributed by atoms with E-state index in [0.717, 1.165) is 19.3 Å². The van der Waals surface area contributed by atoms with Gasteiger partial charge in [-0.3, -0.25) is 0 Å². The maximum absolute atomic E-state index is 12.0. The molecule has 4 rings (SSSR count). The zero-order chi connectivity index (χ0) is 13.7. The van der Waals surface area contributed by atoms with Crippen molar-refractivity contribution in [1.82, 2.24) is 0 Å². The van der Waals surface area contributed by atoms with Gasteiger partial charge in [0.25, 0.3) is 0 Å². The first-order chi connectivity index (χ1) is 8.79. The lowest BCUT2D eigenvalue weighted by Gasteiger charge is -2.52. The highest BCUT2D eigenvalue weighted by Gasteiger charge is 2.85. The van der Waals surface area contributed by atoms with Gasteiger partial charge in [-0.25, -0.2) is 4.79 Å². The van der Waals surface area contributed by atoms with Gasteiger partial charge in [0.15, 0.2) is 0 Å². The summed E-state index contributed by atoms with van der Waals surface area (Å²) in [5.41, 5.74) is 0.204. The van der Waals surface area contributed by atoms with Crippen LogP contribution < -0.4 is 0 Å². The molecule has 0 aromatic carbocycles. The molecule has 4 unspecified atom stereocenters. The average Bonchev–Trinajstić information content (AvgIpc) is 2.92. The molecule has 2 heterocycles. The molecule has 2 saturated heterocycles. The number of epoxide rings is 1. The molecule has 1 spiro atoms. The van der Waals surface area contributed by atoms with Gasteiger partial charge >= 0.3 is 5.97 Å². The van der Waals surface area contributed by atoms with Crippen LogP contribution in [0.3, 0.4) is 0 Å². The number of fused-ring (bicyclic) bond motifs is 1. The van der Waals surface area contributed by atoms with E-state index in [4.69, 9.17) is 9.47 Å². The second-order valence-corrected chi connectivity index (χ2v) is 7.66. The minimum atomic E-state index is -0.264. The largest absolute Gasteiger partial charge is 0.455 e. The van der Waals surface area contributed by atoms with Crippen molar-refractivity contribution in [2.75, 3.05) is 0 Å². The van der Waals surface area contributed by atoms with E-state index >= 15 is 0 Å². The second-order valence-electron chi connectivity index (χ2n) is 7.66. The molecule has 2 saturated carbocycles. The van der Waals surface area contributed by atoms with E-state index in [2.05, 4.69) is 27.4 Å². The fourth-order valence-corrected chi connectivity index (χ4v) is 5.34. The molecule has 104 valence electrons. The molecule has 2 aliphatic heterocycles. The smallest absolute Gasteiger partial charge is 0.334 e. The molecule has 5 atom stereocenters. The van der Waals surface area contributed by atoms with Gasteiger partial charge in [-0.2, -0.15) is 0 Å². The Morgan fingerprint density at radius 2 is 1.89 bits per heavy atom. The molecule has 0 aromatic rings. The highest BCUT2D eigenvalue weighted by Crippen LogP contribution is 2.75. The van der Waals surface area contributed by atoms with Crippen LogP contribution in [0.1, 0.15) is 52.9 Å². The molecule has 0 bridgehead atoms. The number of hydrogen-bond donors (Lipinski definition) is 0. The van der Waals surface area contributed by atoms with Gasteiger partial charge in [-0.15, -0.1) is 0 Å². The maximum Gasteiger partial charge on any atom is 0.334 e. The van der Waals surface area contributed by atoms with Crippen LogP contribution in [0, 0.1) is 10.8 Å². The molecule has 4 aliphatic rings. The van der Waals surface area contributed by atoms with E-state index in [1.807, 2.05) is 0 Å². The van der Waals surface area contributed by atoms with Crippen LogP contribution in [0.4, 0.5) is 0 Å². The monoisotopic (exact) mass is 262 g/mol. The zero-order valence-electron chi connectivity index (χ0n) is 12.0. The summed E-state index contributed by atoms with van der Waals surface area (Å²) < 4.78 is 12.1. The summed E-state index contributed by atoms with van der Waals surface area (Å²) >= 11 is 0. The molecular formula is C16H22O3. The highest BCUT2D eigenvalue weighted by molar-refractivity contribution is 5.92. The molecule has 3 heteroatoms. The third kappa shape index (κ3) is 1.02. The number of rotatable bonds is 0. The Morgan fingerprint density at radius 1 is 1.16 bits per heavy atom. The molecule has 0 N–H and O–H groups in total. The average molecular weight is 262 g/mol. The third-order valence-electron chi connectivity index (χ3n) is 6.71. The molecule has 0 amide bonds. The molecule has 0 radical (unpaired) electrons. The summed E-state index contributed by atoms with van der Waals surface area (Å²) in [6.45, 7) is 10.7. The van der Waals surface area contributed by atoms with E-state index in [-0.39, 0.29) is 34.1 Å². The lowest BCUT2D eigenvalue weighted by atomic mass is 9.50. The minimum absolute atomic E-state index is 0.1000. The molecule has 0 aromatic heterocycles. The summed E-state index contributed by atoms with van der Waals surface area (Å²) in [7, 11) is 0. The number of carbonyl (C=O) groups excluding carboxylic acids is 1. The van der Waals surface area contributed by atoms with Crippen molar-refractivity contribution in [3.8, 4) is 0 Å². The zero-order valence-corrected chi connectivity index (χ0v) is 12.0. The highest BCUT2D eigenvalue weighted by atomic mass is 16.7. The van der Waals surface area contributed by atoms with Gasteiger partial charge < -0.3 is 9.47 Å². The van der Waals surface area contributed by atoms with E-state index in [1.54, 1.807) is 0 Å². The van der Waals surface area contributed by atoms with Crippen molar-refractivity contribution in [3.63, 3.8) is 0 Å². The van der Waals surface area contributed by atoms with Crippen molar-refractivity contribution < 1.29 is 14.3 Å². The standard InChI is InChI=1S/C16H22O3/c1-10-11(17)18-12-14(10,3)9-8-13(2)6-5-7-15(4)16(12,13)19-15/h12H,1,5-9H2,2-4H3/t12?,13-,14?,15?,16?/m1/s1. The first-order valence-corrected chi connectivity index (χ1v) is 7.40. The predicted octanol–water partition coefficient (Wildman–Crippen LogP) is 2.99. The van der Waals surface area contributed by atoms with Gasteiger partial charge in [0.1, 0.15) is 11.7 Å². The Kier molecular flexibility index (Phi) is 1.84. The van der Waals surface area contributed by atoms with Crippen LogP contribution in [0.15, 0.2) is 12.2 Å². The summed E-state index contributed by atoms with van der Waals surface area (Å²) in [4.78, 5) is 12.0. The third-order valence-corrected chi connectivity index (χ3v) is 6.71. The van der Waals surface area contributed by atoms with Crippen molar-refractivity contribution in [3.05, 3.63) is 12.2 Å². The molecule has 2 aliphatic carbocycles. The Hall–Kier alpha value is -0.830. The molecule has 4 fully saturated rings. The Morgan fingerprint density at radius 3 is 2.63 bits per heavy atom. The summed E-state index contributed by atoms with van der Waals surface area (Å²) in [6.07, 6.45) is 5.43. The van der Waals surface area contributed by atoms with Gasteiger partial charge in [-0.05, 0) is 39.0 Å². The fraction of sp³-hybridized carbons (Fsp3) is 0.812. The van der Waals surface area contributed by atoms with Crippen LogP contribution in [0.25, 0.3) is 0 Å². The van der Waals surface area contributed by atoms with Gasteiger partial charge in [0, 0.05) is 16.4 Å². The lowest BCUT2D eigenvalue weighted by Crippen LogP contribution is -2.60. The number of ether oxygens (including phenoxy) is 2. The van der Waals surface area contributed by atoms with E-state index in [9.17, 15) is 4.79 Å². The number of hydrogen-bond acceptors (Lipinski definition) is 3. The van der Waals surface area contributed by atoms with Crippen LogP contribution in [-0.2, 0) is 14.3 Å². The summed E-state index contributed by atoms with van der Waals surface area (Å²) in [5, 5.41) is 0. The Balaban J connectivity index is 1.87. The van der Waals surface area contributed by atoms with Crippen LogP contribution in [0.2, 0.25) is 0 Å². The van der Waals surface area contributed by atoms with Crippen LogP contribution >= 0.6 is 0 Å². The summed E-state index contributed by atoms with van der Waals surface area (Å²) in [6, 6.07) is 0. The SMILES string of the molecule is C=C1C(=O)OC2C1(C)CC[C@@]1(C)CCCC3(C)OC231. The van der Waals surface area contributed by atoms with E-state index in [1.165, 1.54) is 12.8 Å². The number of esters is 1. The van der Waals surface area contributed by atoms with E-state index < -0.39 is 0 Å². The van der Waals surface area contributed by atoms with Gasteiger partial charge in [0.2, 0.25) is 0 Å². The lowest BCUT2D eigenvalue weighted by molar-refractivity contribution is -0.153. The first-order valence-electron chi connectivity index (χ1n) is 7.40. The summed E-state index contributed by atoms with van der Waals surface area (Å²) in [5.74, 6) is -0.213. The normalized spacial score (nSPS) is 59.0. The second kappa shape index (κ2) is 2.93. The molecular weight excluding hydrogens is 240 g/mol. The Bertz CT molecular complexity index is 512. The van der Waals surface area contributed by atoms with Crippen LogP contribution in [-0.4, -0.2) is 23.3 Å². The van der Waals surface area contributed by atoms with Gasteiger partial charge in [-0.1, -0.05) is 20.4 Å². The minimum Gasteiger partial charge on any atom is -0.455 e. The van der Waals surface area contributed by atoms with E-state index in [0.29, 0.717) is 5.57 Å². The van der Waals surface area contributed by atoms with Crippen molar-refractivity contribution in [2.45, 2.75) is 70.2 Å². The molecule has 3 nitrogen and oxygen atoms in total. The van der Waals surface area contributed by atoms with Gasteiger partial charge in [0.05, 0.1) is 5.60 Å². The van der Waals surface area contributed by atoms with Crippen molar-refractivity contribution >= 4 is 5.97 Å². The predicted molar refractivity (Wildman–Crippen MR) is 70.5 cm³/mol.